The van der Waals surface area contributed by atoms with Crippen LogP contribution in [0.5, 0.6) is 5.75 Å². The predicted octanol–water partition coefficient (Wildman–Crippen LogP) is 2.56. The van der Waals surface area contributed by atoms with Gasteiger partial charge >= 0.3 is 7.12 Å². The molecule has 168 valence electrons. The number of aromatic nitrogens is 3. The molecule has 8 nitrogen and oxygen atoms in total. The predicted molar refractivity (Wildman–Crippen MR) is 120 cm³/mol. The molecule has 3 heterocycles. The molecule has 0 aromatic carbocycles. The van der Waals surface area contributed by atoms with Gasteiger partial charge in [0.2, 0.25) is 0 Å². The average Bonchev–Trinajstić information content (AvgIpc) is 3.14. The first-order chi connectivity index (χ1) is 14.9. The normalized spacial score (nSPS) is 13.1. The average molecular weight is 456 g/mol. The van der Waals surface area contributed by atoms with Crippen LogP contribution in [0.4, 0.5) is 4.39 Å². The lowest BCUT2D eigenvalue weighted by molar-refractivity contribution is 0.118. The Morgan fingerprint density at radius 3 is 2.56 bits per heavy atom. The Morgan fingerprint density at radius 1 is 1.28 bits per heavy atom. The van der Waals surface area contributed by atoms with E-state index in [1.54, 1.807) is 0 Å². The van der Waals surface area contributed by atoms with Gasteiger partial charge in [-0.2, -0.15) is 10.4 Å². The zero-order chi connectivity index (χ0) is 23.7. The van der Waals surface area contributed by atoms with E-state index in [9.17, 15) is 19.7 Å². The second-order valence-corrected chi connectivity index (χ2v) is 13.9. The molecule has 0 aliphatic carbocycles. The molecule has 3 rings (SSSR count). The molecule has 3 aromatic rings. The van der Waals surface area contributed by atoms with Crippen molar-refractivity contribution in [3.05, 3.63) is 53.9 Å². The SMILES string of the molecule is CC(C)(C)[Si](C)(C)OCC(Oc1cc(B(O)O)cn2ncc(C#N)c12)c1ccc(F)cn1. The maximum atomic E-state index is 13.5. The van der Waals surface area contributed by atoms with Gasteiger partial charge in [-0.05, 0) is 36.3 Å². The Morgan fingerprint density at radius 2 is 2.00 bits per heavy atom. The van der Waals surface area contributed by atoms with Crippen LogP contribution in [0.2, 0.25) is 18.1 Å². The standard InChI is InChI=1S/C21H26BFN4O4Si/c1-21(2,3)32(4,5)30-13-19(17-7-6-16(23)11-25-17)31-18-8-15(22(28)29)12-27-20(18)14(9-24)10-26-27/h6-8,10-12,19,28-29H,13H2,1-5H3. The third-order valence-electron chi connectivity index (χ3n) is 5.77. The summed E-state index contributed by atoms with van der Waals surface area (Å²) < 4.78 is 27.4. The maximum absolute atomic E-state index is 13.5. The minimum absolute atomic E-state index is 0.0403. The minimum Gasteiger partial charge on any atom is -0.479 e. The van der Waals surface area contributed by atoms with E-state index in [4.69, 9.17) is 9.16 Å². The lowest BCUT2D eigenvalue weighted by Gasteiger charge is -2.37. The highest BCUT2D eigenvalue weighted by molar-refractivity contribution is 6.74. The van der Waals surface area contributed by atoms with Crippen molar-refractivity contribution in [3.63, 3.8) is 0 Å². The number of pyridine rings is 2. The summed E-state index contributed by atoms with van der Waals surface area (Å²) in [5.74, 6) is -0.271. The highest BCUT2D eigenvalue weighted by Gasteiger charge is 2.38. The van der Waals surface area contributed by atoms with Crippen molar-refractivity contribution in [2.24, 2.45) is 0 Å². The fraction of sp³-hybridized carbons (Fsp3) is 0.381. The molecule has 0 saturated heterocycles. The molecule has 0 bridgehead atoms. The number of rotatable bonds is 7. The molecule has 0 amide bonds. The number of nitriles is 1. The van der Waals surface area contributed by atoms with Crippen LogP contribution in [-0.2, 0) is 4.43 Å². The van der Waals surface area contributed by atoms with Crippen molar-refractivity contribution in [2.75, 3.05) is 6.61 Å². The smallest absolute Gasteiger partial charge is 0.479 e. The minimum atomic E-state index is -2.15. The van der Waals surface area contributed by atoms with E-state index in [0.717, 1.165) is 6.20 Å². The van der Waals surface area contributed by atoms with E-state index in [1.165, 1.54) is 35.1 Å². The summed E-state index contributed by atoms with van der Waals surface area (Å²) in [6.07, 6.45) is 3.14. The molecule has 0 spiro atoms. The second-order valence-electron chi connectivity index (χ2n) is 9.05. The van der Waals surface area contributed by atoms with Gasteiger partial charge in [0.15, 0.2) is 14.4 Å². The molecule has 0 saturated carbocycles. The fourth-order valence-electron chi connectivity index (χ4n) is 2.83. The first-order valence-electron chi connectivity index (χ1n) is 10.1. The number of hydrogen-bond donors (Lipinski definition) is 2. The molecular weight excluding hydrogens is 430 g/mol. The molecule has 32 heavy (non-hydrogen) atoms. The zero-order valence-electron chi connectivity index (χ0n) is 18.7. The first kappa shape index (κ1) is 23.9. The van der Waals surface area contributed by atoms with Gasteiger partial charge in [0.05, 0.1) is 24.7 Å². The van der Waals surface area contributed by atoms with E-state index < -0.39 is 27.4 Å². The van der Waals surface area contributed by atoms with Crippen LogP contribution in [0.15, 0.2) is 36.8 Å². The number of fused-ring (bicyclic) bond motifs is 1. The zero-order valence-corrected chi connectivity index (χ0v) is 19.7. The summed E-state index contributed by atoms with van der Waals surface area (Å²) >= 11 is 0. The summed E-state index contributed by atoms with van der Waals surface area (Å²) in [6, 6.07) is 6.29. The monoisotopic (exact) mass is 456 g/mol. The Bertz CT molecular complexity index is 1140. The number of nitrogens with zero attached hydrogens (tertiary/aromatic N) is 4. The van der Waals surface area contributed by atoms with Gasteiger partial charge in [-0.25, -0.2) is 8.91 Å². The van der Waals surface area contributed by atoms with Gasteiger partial charge in [-0.3, -0.25) is 4.98 Å². The van der Waals surface area contributed by atoms with Crippen molar-refractivity contribution in [1.82, 2.24) is 14.6 Å². The van der Waals surface area contributed by atoms with Crippen LogP contribution in [0.3, 0.4) is 0 Å². The van der Waals surface area contributed by atoms with Crippen LogP contribution in [0.1, 0.15) is 38.1 Å². The van der Waals surface area contributed by atoms with E-state index in [1.807, 2.05) is 0 Å². The second kappa shape index (κ2) is 8.99. The molecule has 0 aliphatic rings. The highest BCUT2D eigenvalue weighted by atomic mass is 28.4. The van der Waals surface area contributed by atoms with Crippen LogP contribution < -0.4 is 10.2 Å². The van der Waals surface area contributed by atoms with Gasteiger partial charge in [-0.1, -0.05) is 20.8 Å². The maximum Gasteiger partial charge on any atom is 0.490 e. The van der Waals surface area contributed by atoms with Crippen molar-refractivity contribution in [1.29, 1.82) is 5.26 Å². The molecule has 0 radical (unpaired) electrons. The van der Waals surface area contributed by atoms with E-state index in [2.05, 4.69) is 50.0 Å². The number of ether oxygens (including phenoxy) is 1. The van der Waals surface area contributed by atoms with Gasteiger partial charge in [0.1, 0.15) is 28.7 Å². The van der Waals surface area contributed by atoms with Crippen molar-refractivity contribution >= 4 is 26.4 Å². The van der Waals surface area contributed by atoms with Crippen LogP contribution in [0.25, 0.3) is 5.52 Å². The van der Waals surface area contributed by atoms with Gasteiger partial charge < -0.3 is 19.2 Å². The third-order valence-corrected chi connectivity index (χ3v) is 10.3. The molecule has 1 unspecified atom stereocenters. The van der Waals surface area contributed by atoms with E-state index in [0.29, 0.717) is 11.2 Å². The van der Waals surface area contributed by atoms with Crippen LogP contribution in [-0.4, -0.2) is 46.7 Å². The van der Waals surface area contributed by atoms with Crippen LogP contribution >= 0.6 is 0 Å². The molecule has 0 fully saturated rings. The Balaban J connectivity index is 2.04. The van der Waals surface area contributed by atoms with E-state index >= 15 is 0 Å². The van der Waals surface area contributed by atoms with Crippen molar-refractivity contribution < 1.29 is 23.6 Å². The number of hydrogen-bond acceptors (Lipinski definition) is 7. The quantitative estimate of drug-likeness (QED) is 0.526. The molecule has 1 atom stereocenters. The largest absolute Gasteiger partial charge is 0.490 e. The summed E-state index contributed by atoms with van der Waals surface area (Å²) in [5.41, 5.74) is 1.21. The summed E-state index contributed by atoms with van der Waals surface area (Å²) in [6.45, 7) is 10.7. The Kier molecular flexibility index (Phi) is 6.71. The molecule has 3 aromatic heterocycles. The molecule has 0 aliphatic heterocycles. The Labute approximate surface area is 187 Å². The third kappa shape index (κ3) is 4.99. The van der Waals surface area contributed by atoms with Gasteiger partial charge in [0.25, 0.3) is 0 Å². The van der Waals surface area contributed by atoms with Crippen LogP contribution in [0, 0.1) is 17.1 Å². The van der Waals surface area contributed by atoms with Crippen molar-refractivity contribution in [2.45, 2.75) is 45.0 Å². The van der Waals surface area contributed by atoms with Gasteiger partial charge in [0, 0.05) is 11.7 Å². The summed E-state index contributed by atoms with van der Waals surface area (Å²) in [4.78, 5) is 4.15. The summed E-state index contributed by atoms with van der Waals surface area (Å²) in [7, 11) is -3.91. The van der Waals surface area contributed by atoms with Gasteiger partial charge in [-0.15, -0.1) is 0 Å². The fourth-order valence-corrected chi connectivity index (χ4v) is 3.83. The highest BCUT2D eigenvalue weighted by Crippen LogP contribution is 2.37. The molecule has 2 N–H and O–H groups in total. The lowest BCUT2D eigenvalue weighted by Crippen LogP contribution is -2.42. The Hall–Kier alpha value is -2.78. The molecule has 11 heteroatoms. The first-order valence-corrected chi connectivity index (χ1v) is 13.0. The molecular formula is C21H26BFN4O4Si. The van der Waals surface area contributed by atoms with E-state index in [-0.39, 0.29) is 28.4 Å². The topological polar surface area (TPSA) is 113 Å². The lowest BCUT2D eigenvalue weighted by atomic mass is 9.81. The summed E-state index contributed by atoms with van der Waals surface area (Å²) in [5, 5.41) is 32.9. The number of halogens is 1. The van der Waals surface area contributed by atoms with Crippen molar-refractivity contribution in [3.8, 4) is 11.8 Å².